The highest BCUT2D eigenvalue weighted by molar-refractivity contribution is 5.98. The Morgan fingerprint density at radius 3 is 2.71 bits per heavy atom. The summed E-state index contributed by atoms with van der Waals surface area (Å²) in [5.41, 5.74) is 4.41. The molecule has 2 N–H and O–H groups in total. The van der Waals surface area contributed by atoms with Crippen molar-refractivity contribution in [2.75, 3.05) is 13.7 Å². The molecule has 0 bridgehead atoms. The minimum atomic E-state index is -0.139. The lowest BCUT2D eigenvalue weighted by molar-refractivity contribution is 0.240. The second-order valence-corrected chi connectivity index (χ2v) is 6.84. The average molecular weight is 377 g/mol. The van der Waals surface area contributed by atoms with Crippen LogP contribution in [0.4, 0.5) is 4.79 Å². The zero-order valence-corrected chi connectivity index (χ0v) is 16.7. The largest absolute Gasteiger partial charge is 0.496 e. The first-order valence-corrected chi connectivity index (χ1v) is 9.66. The lowest BCUT2D eigenvalue weighted by atomic mass is 9.95. The summed E-state index contributed by atoms with van der Waals surface area (Å²) in [5, 5.41) is 7.98. The Hall–Kier alpha value is -3.08. The van der Waals surface area contributed by atoms with E-state index in [0.717, 1.165) is 51.6 Å². The number of unbranched alkanes of at least 4 members (excludes halogenated alkanes) is 1. The second kappa shape index (κ2) is 9.22. The van der Waals surface area contributed by atoms with Crippen molar-refractivity contribution in [2.24, 2.45) is 0 Å². The van der Waals surface area contributed by atoms with E-state index in [1.54, 1.807) is 13.3 Å². The van der Waals surface area contributed by atoms with Gasteiger partial charge in [-0.25, -0.2) is 4.79 Å². The van der Waals surface area contributed by atoms with Gasteiger partial charge in [-0.15, -0.1) is 0 Å². The summed E-state index contributed by atoms with van der Waals surface area (Å²) in [6.07, 6.45) is 5.71. The fraction of sp³-hybridized carbons (Fsp3) is 0.304. The second-order valence-electron chi connectivity index (χ2n) is 6.84. The van der Waals surface area contributed by atoms with E-state index in [0.29, 0.717) is 13.1 Å². The highest BCUT2D eigenvalue weighted by Crippen LogP contribution is 2.32. The highest BCUT2D eigenvalue weighted by Gasteiger charge is 2.10. The lowest BCUT2D eigenvalue weighted by Crippen LogP contribution is -2.35. The topological polar surface area (TPSA) is 63.2 Å². The van der Waals surface area contributed by atoms with Crippen molar-refractivity contribution >= 4 is 16.8 Å². The van der Waals surface area contributed by atoms with Crippen LogP contribution in [-0.4, -0.2) is 24.7 Å². The Bertz CT molecular complexity index is 969. The number of fused-ring (bicyclic) bond motifs is 1. The number of benzene rings is 2. The first kappa shape index (κ1) is 19.7. The monoisotopic (exact) mass is 377 g/mol. The number of carbonyl (C=O) groups excluding carboxylic acids is 1. The van der Waals surface area contributed by atoms with Crippen LogP contribution < -0.4 is 15.4 Å². The summed E-state index contributed by atoms with van der Waals surface area (Å²) >= 11 is 0. The number of carbonyl (C=O) groups is 1. The maximum Gasteiger partial charge on any atom is 0.315 e. The first-order valence-electron chi connectivity index (χ1n) is 9.66. The predicted molar refractivity (Wildman–Crippen MR) is 114 cm³/mol. The van der Waals surface area contributed by atoms with Gasteiger partial charge in [0.25, 0.3) is 0 Å². The average Bonchev–Trinajstić information content (AvgIpc) is 2.72. The van der Waals surface area contributed by atoms with Crippen molar-refractivity contribution in [3.05, 3.63) is 59.9 Å². The van der Waals surface area contributed by atoms with Gasteiger partial charge in [0.05, 0.1) is 7.11 Å². The van der Waals surface area contributed by atoms with E-state index < -0.39 is 0 Å². The van der Waals surface area contributed by atoms with Crippen molar-refractivity contribution in [3.8, 4) is 16.9 Å². The van der Waals surface area contributed by atoms with E-state index in [1.165, 1.54) is 0 Å². The SMILES string of the molecule is CCCCNC(=O)NCc1ccc(-c2ccc(OC)c(C)c2)c2ccncc12. The van der Waals surface area contributed by atoms with Gasteiger partial charge in [-0.1, -0.05) is 31.5 Å². The summed E-state index contributed by atoms with van der Waals surface area (Å²) in [6, 6.07) is 12.2. The molecule has 3 rings (SSSR count). The minimum Gasteiger partial charge on any atom is -0.496 e. The Labute approximate surface area is 166 Å². The van der Waals surface area contributed by atoms with Crippen LogP contribution in [0.15, 0.2) is 48.8 Å². The van der Waals surface area contributed by atoms with Gasteiger partial charge in [-0.3, -0.25) is 4.98 Å². The molecule has 3 aromatic rings. The van der Waals surface area contributed by atoms with Crippen LogP contribution in [0.2, 0.25) is 0 Å². The molecule has 0 unspecified atom stereocenters. The van der Waals surface area contributed by atoms with Crippen LogP contribution in [0.3, 0.4) is 0 Å². The van der Waals surface area contributed by atoms with Crippen molar-refractivity contribution in [1.82, 2.24) is 15.6 Å². The number of amides is 2. The molecule has 28 heavy (non-hydrogen) atoms. The van der Waals surface area contributed by atoms with E-state index in [4.69, 9.17) is 4.74 Å². The zero-order chi connectivity index (χ0) is 19.9. The standard InChI is InChI=1S/C23H27N3O2/c1-4-5-11-25-23(27)26-14-18-6-8-19(20-10-12-24-15-21(18)20)17-7-9-22(28-3)16(2)13-17/h6-10,12-13,15H,4-5,11,14H2,1-3H3,(H2,25,26,27). The summed E-state index contributed by atoms with van der Waals surface area (Å²) in [6.45, 7) is 5.30. The maximum atomic E-state index is 12.0. The van der Waals surface area contributed by atoms with E-state index in [9.17, 15) is 4.79 Å². The molecule has 0 spiro atoms. The van der Waals surface area contributed by atoms with E-state index >= 15 is 0 Å². The molecule has 146 valence electrons. The number of aryl methyl sites for hydroxylation is 1. The fourth-order valence-electron chi connectivity index (χ4n) is 3.32. The number of methoxy groups -OCH3 is 1. The Balaban J connectivity index is 1.87. The number of rotatable bonds is 7. The summed E-state index contributed by atoms with van der Waals surface area (Å²) in [7, 11) is 1.68. The van der Waals surface area contributed by atoms with Gasteiger partial charge in [0.1, 0.15) is 5.75 Å². The van der Waals surface area contributed by atoms with E-state index in [1.807, 2.05) is 25.3 Å². The summed E-state index contributed by atoms with van der Waals surface area (Å²) < 4.78 is 5.38. The van der Waals surface area contributed by atoms with E-state index in [2.05, 4.69) is 46.8 Å². The van der Waals surface area contributed by atoms with Crippen molar-refractivity contribution in [2.45, 2.75) is 33.2 Å². The van der Waals surface area contributed by atoms with Crippen molar-refractivity contribution in [3.63, 3.8) is 0 Å². The van der Waals surface area contributed by atoms with Gasteiger partial charge < -0.3 is 15.4 Å². The number of aromatic nitrogens is 1. The fourth-order valence-corrected chi connectivity index (χ4v) is 3.32. The molecular weight excluding hydrogens is 350 g/mol. The number of nitrogens with zero attached hydrogens (tertiary/aromatic N) is 1. The van der Waals surface area contributed by atoms with Gasteiger partial charge in [0.15, 0.2) is 0 Å². The number of urea groups is 1. The molecule has 1 aromatic heterocycles. The molecule has 0 saturated heterocycles. The van der Waals surface area contributed by atoms with Crippen molar-refractivity contribution in [1.29, 1.82) is 0 Å². The molecule has 5 nitrogen and oxygen atoms in total. The van der Waals surface area contributed by atoms with Crippen LogP contribution in [-0.2, 0) is 6.54 Å². The molecule has 2 aromatic carbocycles. The quantitative estimate of drug-likeness (QED) is 0.580. The number of pyridine rings is 1. The Morgan fingerprint density at radius 2 is 1.96 bits per heavy atom. The number of ether oxygens (including phenoxy) is 1. The molecule has 2 amide bonds. The van der Waals surface area contributed by atoms with Gasteiger partial charge in [-0.2, -0.15) is 0 Å². The molecule has 0 saturated carbocycles. The van der Waals surface area contributed by atoms with Crippen LogP contribution >= 0.6 is 0 Å². The van der Waals surface area contributed by atoms with Gasteiger partial charge >= 0.3 is 6.03 Å². The predicted octanol–water partition coefficient (Wildman–Crippen LogP) is 4.82. The lowest BCUT2D eigenvalue weighted by Gasteiger charge is -2.14. The maximum absolute atomic E-state index is 12.0. The molecule has 0 fully saturated rings. The third kappa shape index (κ3) is 4.42. The molecule has 5 heteroatoms. The normalized spacial score (nSPS) is 10.7. The van der Waals surface area contributed by atoms with Crippen LogP contribution in [0.5, 0.6) is 5.75 Å². The molecular formula is C23H27N3O2. The third-order valence-electron chi connectivity index (χ3n) is 4.87. The molecule has 0 aliphatic carbocycles. The number of hydrogen-bond donors (Lipinski definition) is 2. The Kier molecular flexibility index (Phi) is 6.48. The minimum absolute atomic E-state index is 0.139. The van der Waals surface area contributed by atoms with Crippen LogP contribution in [0, 0.1) is 6.92 Å². The molecule has 0 aliphatic rings. The van der Waals surface area contributed by atoms with Crippen molar-refractivity contribution < 1.29 is 9.53 Å². The summed E-state index contributed by atoms with van der Waals surface area (Å²) in [5.74, 6) is 0.879. The summed E-state index contributed by atoms with van der Waals surface area (Å²) in [4.78, 5) is 16.3. The molecule has 0 aliphatic heterocycles. The first-order chi connectivity index (χ1) is 13.6. The highest BCUT2D eigenvalue weighted by atomic mass is 16.5. The van der Waals surface area contributed by atoms with Crippen LogP contribution in [0.1, 0.15) is 30.9 Å². The number of nitrogens with one attached hydrogen (secondary N) is 2. The molecule has 0 radical (unpaired) electrons. The smallest absolute Gasteiger partial charge is 0.315 e. The van der Waals surface area contributed by atoms with E-state index in [-0.39, 0.29) is 6.03 Å². The van der Waals surface area contributed by atoms with Gasteiger partial charge in [0, 0.05) is 30.9 Å². The van der Waals surface area contributed by atoms with Crippen LogP contribution in [0.25, 0.3) is 21.9 Å². The molecule has 0 atom stereocenters. The van der Waals surface area contributed by atoms with Gasteiger partial charge in [-0.05, 0) is 59.2 Å². The third-order valence-corrected chi connectivity index (χ3v) is 4.87. The number of hydrogen-bond acceptors (Lipinski definition) is 3. The van der Waals surface area contributed by atoms with Gasteiger partial charge in [0.2, 0.25) is 0 Å². The Morgan fingerprint density at radius 1 is 1.11 bits per heavy atom. The molecule has 1 heterocycles. The zero-order valence-electron chi connectivity index (χ0n) is 16.7.